The molecule has 1 aliphatic heterocycles. The summed E-state index contributed by atoms with van der Waals surface area (Å²) in [5.41, 5.74) is 5.87. The summed E-state index contributed by atoms with van der Waals surface area (Å²) in [6.45, 7) is 5.27. The molecule has 0 aliphatic carbocycles. The Morgan fingerprint density at radius 1 is 1.00 bits per heavy atom. The molecule has 0 spiro atoms. The van der Waals surface area contributed by atoms with Gasteiger partial charge in [0.05, 0.1) is 6.61 Å². The molecular weight excluding hydrogens is 388 g/mol. The standard InChI is InChI=1S/C26H26N2O3/c1-3-31-25-7-5-4-6-23(25)17-27-26(30)20-10-8-19(9-11-20)21-12-13-24-22(16-21)14-15-28(24)18(2)29/h4-13,16H,3,14-15,17H2,1-2H3,(H,27,30). The van der Waals surface area contributed by atoms with Crippen molar-refractivity contribution in [1.29, 1.82) is 0 Å². The number of carbonyl (C=O) groups excluding carboxylic acids is 2. The van der Waals surface area contributed by atoms with Gasteiger partial charge < -0.3 is 15.0 Å². The summed E-state index contributed by atoms with van der Waals surface area (Å²) in [4.78, 5) is 26.2. The topological polar surface area (TPSA) is 58.6 Å². The Hall–Kier alpha value is -3.60. The van der Waals surface area contributed by atoms with E-state index in [0.29, 0.717) is 18.7 Å². The zero-order chi connectivity index (χ0) is 21.8. The number of nitrogens with one attached hydrogen (secondary N) is 1. The van der Waals surface area contributed by atoms with Gasteiger partial charge in [-0.05, 0) is 60.4 Å². The number of amides is 2. The Morgan fingerprint density at radius 3 is 2.48 bits per heavy atom. The smallest absolute Gasteiger partial charge is 0.251 e. The van der Waals surface area contributed by atoms with Gasteiger partial charge in [0.25, 0.3) is 5.91 Å². The van der Waals surface area contributed by atoms with E-state index in [0.717, 1.165) is 41.1 Å². The monoisotopic (exact) mass is 414 g/mol. The highest BCUT2D eigenvalue weighted by molar-refractivity contribution is 5.95. The lowest BCUT2D eigenvalue weighted by atomic mass is 10.0. The van der Waals surface area contributed by atoms with Crippen LogP contribution in [0.15, 0.2) is 66.7 Å². The number of benzene rings is 3. The molecule has 0 radical (unpaired) electrons. The molecule has 5 heteroatoms. The van der Waals surface area contributed by atoms with Crippen molar-refractivity contribution in [1.82, 2.24) is 5.32 Å². The SMILES string of the molecule is CCOc1ccccc1CNC(=O)c1ccc(-c2ccc3c(c2)CCN3C(C)=O)cc1. The number of ether oxygens (including phenoxy) is 1. The molecule has 0 saturated carbocycles. The molecule has 3 aromatic rings. The maximum absolute atomic E-state index is 12.6. The van der Waals surface area contributed by atoms with Crippen LogP contribution in [0.5, 0.6) is 5.75 Å². The van der Waals surface area contributed by atoms with E-state index in [9.17, 15) is 9.59 Å². The first-order valence-electron chi connectivity index (χ1n) is 10.6. The third kappa shape index (κ3) is 4.45. The van der Waals surface area contributed by atoms with Crippen LogP contribution in [0.3, 0.4) is 0 Å². The highest BCUT2D eigenvalue weighted by Crippen LogP contribution is 2.32. The lowest BCUT2D eigenvalue weighted by Gasteiger charge is -2.15. The predicted octanol–water partition coefficient (Wildman–Crippen LogP) is 4.59. The number of hydrogen-bond acceptors (Lipinski definition) is 3. The van der Waals surface area contributed by atoms with Crippen LogP contribution in [0.1, 0.15) is 35.3 Å². The molecule has 4 rings (SSSR count). The molecule has 0 fully saturated rings. The zero-order valence-corrected chi connectivity index (χ0v) is 17.9. The molecule has 1 N–H and O–H groups in total. The summed E-state index contributed by atoms with van der Waals surface area (Å²) in [6, 6.07) is 21.5. The highest BCUT2D eigenvalue weighted by Gasteiger charge is 2.22. The lowest BCUT2D eigenvalue weighted by Crippen LogP contribution is -2.25. The first-order valence-corrected chi connectivity index (χ1v) is 10.6. The minimum absolute atomic E-state index is 0.0748. The molecule has 1 heterocycles. The number of anilines is 1. The summed E-state index contributed by atoms with van der Waals surface area (Å²) in [7, 11) is 0. The van der Waals surface area contributed by atoms with Gasteiger partial charge >= 0.3 is 0 Å². The molecule has 0 bridgehead atoms. The van der Waals surface area contributed by atoms with Gasteiger partial charge in [-0.1, -0.05) is 36.4 Å². The van der Waals surface area contributed by atoms with Crippen LogP contribution >= 0.6 is 0 Å². The number of carbonyl (C=O) groups is 2. The van der Waals surface area contributed by atoms with Gasteiger partial charge in [-0.3, -0.25) is 9.59 Å². The molecular formula is C26H26N2O3. The molecule has 158 valence electrons. The first-order chi connectivity index (χ1) is 15.1. The summed E-state index contributed by atoms with van der Waals surface area (Å²) in [6.07, 6.45) is 0.868. The van der Waals surface area contributed by atoms with E-state index >= 15 is 0 Å². The van der Waals surface area contributed by atoms with Gasteiger partial charge in [-0.15, -0.1) is 0 Å². The van der Waals surface area contributed by atoms with Gasteiger partial charge in [0.1, 0.15) is 5.75 Å². The van der Waals surface area contributed by atoms with Gasteiger partial charge in [0.15, 0.2) is 0 Å². The van der Waals surface area contributed by atoms with Crippen molar-refractivity contribution in [3.05, 3.63) is 83.4 Å². The van der Waals surface area contributed by atoms with Crippen LogP contribution < -0.4 is 15.0 Å². The third-order valence-corrected chi connectivity index (χ3v) is 5.55. The highest BCUT2D eigenvalue weighted by atomic mass is 16.5. The van der Waals surface area contributed by atoms with Crippen molar-refractivity contribution in [3.8, 4) is 16.9 Å². The maximum atomic E-state index is 12.6. The fourth-order valence-electron chi connectivity index (χ4n) is 3.95. The second-order valence-corrected chi connectivity index (χ2v) is 7.56. The Kier molecular flexibility index (Phi) is 6.03. The Labute approximate surface area is 182 Å². The van der Waals surface area contributed by atoms with Crippen LogP contribution in [0.2, 0.25) is 0 Å². The number of para-hydroxylation sites is 1. The van der Waals surface area contributed by atoms with E-state index in [-0.39, 0.29) is 11.8 Å². The van der Waals surface area contributed by atoms with E-state index in [1.807, 2.05) is 72.5 Å². The third-order valence-electron chi connectivity index (χ3n) is 5.55. The first kappa shape index (κ1) is 20.7. The van der Waals surface area contributed by atoms with Crippen LogP contribution in [0, 0.1) is 0 Å². The Balaban J connectivity index is 1.44. The van der Waals surface area contributed by atoms with Crippen molar-refractivity contribution >= 4 is 17.5 Å². The predicted molar refractivity (Wildman–Crippen MR) is 122 cm³/mol. The van der Waals surface area contributed by atoms with Crippen LogP contribution in [-0.2, 0) is 17.8 Å². The van der Waals surface area contributed by atoms with E-state index in [2.05, 4.69) is 11.4 Å². The largest absolute Gasteiger partial charge is 0.494 e. The maximum Gasteiger partial charge on any atom is 0.251 e. The van der Waals surface area contributed by atoms with Gasteiger partial charge in [0, 0.05) is 36.8 Å². The molecule has 3 aromatic carbocycles. The van der Waals surface area contributed by atoms with Crippen molar-refractivity contribution in [2.75, 3.05) is 18.1 Å². The molecule has 5 nitrogen and oxygen atoms in total. The Morgan fingerprint density at radius 2 is 1.74 bits per heavy atom. The average Bonchev–Trinajstić information content (AvgIpc) is 3.22. The normalized spacial score (nSPS) is 12.4. The van der Waals surface area contributed by atoms with E-state index in [1.165, 1.54) is 5.56 Å². The van der Waals surface area contributed by atoms with E-state index in [4.69, 9.17) is 4.74 Å². The zero-order valence-electron chi connectivity index (χ0n) is 17.9. The lowest BCUT2D eigenvalue weighted by molar-refractivity contribution is -0.116. The number of nitrogens with zero attached hydrogens (tertiary/aromatic N) is 1. The second-order valence-electron chi connectivity index (χ2n) is 7.56. The number of hydrogen-bond donors (Lipinski definition) is 1. The van der Waals surface area contributed by atoms with Crippen LogP contribution in [-0.4, -0.2) is 25.0 Å². The molecule has 0 aromatic heterocycles. The van der Waals surface area contributed by atoms with Crippen LogP contribution in [0.4, 0.5) is 5.69 Å². The van der Waals surface area contributed by atoms with Crippen LogP contribution in [0.25, 0.3) is 11.1 Å². The summed E-state index contributed by atoms with van der Waals surface area (Å²) < 4.78 is 5.62. The van der Waals surface area contributed by atoms with E-state index in [1.54, 1.807) is 6.92 Å². The minimum Gasteiger partial charge on any atom is -0.494 e. The average molecular weight is 415 g/mol. The molecule has 0 atom stereocenters. The summed E-state index contributed by atoms with van der Waals surface area (Å²) >= 11 is 0. The molecule has 0 saturated heterocycles. The fourth-order valence-corrected chi connectivity index (χ4v) is 3.95. The number of fused-ring (bicyclic) bond motifs is 1. The van der Waals surface area contributed by atoms with Crippen molar-refractivity contribution in [3.63, 3.8) is 0 Å². The van der Waals surface area contributed by atoms with E-state index < -0.39 is 0 Å². The van der Waals surface area contributed by atoms with Crippen molar-refractivity contribution in [2.24, 2.45) is 0 Å². The van der Waals surface area contributed by atoms with Crippen molar-refractivity contribution in [2.45, 2.75) is 26.8 Å². The van der Waals surface area contributed by atoms with Gasteiger partial charge in [-0.25, -0.2) is 0 Å². The summed E-state index contributed by atoms with van der Waals surface area (Å²) in [5, 5.41) is 2.97. The Bertz CT molecular complexity index is 1110. The quantitative estimate of drug-likeness (QED) is 0.642. The van der Waals surface area contributed by atoms with Crippen molar-refractivity contribution < 1.29 is 14.3 Å². The molecule has 31 heavy (non-hydrogen) atoms. The summed E-state index contributed by atoms with van der Waals surface area (Å²) in [5.74, 6) is 0.746. The second kappa shape index (κ2) is 9.04. The molecule has 2 amide bonds. The molecule has 1 aliphatic rings. The van der Waals surface area contributed by atoms with Gasteiger partial charge in [-0.2, -0.15) is 0 Å². The molecule has 0 unspecified atom stereocenters. The van der Waals surface area contributed by atoms with Gasteiger partial charge in [0.2, 0.25) is 5.91 Å². The fraction of sp³-hybridized carbons (Fsp3) is 0.231. The number of rotatable bonds is 6. The minimum atomic E-state index is -0.121.